The minimum atomic E-state index is -0.253. The first-order valence-electron chi connectivity index (χ1n) is 26.3. The molecule has 0 bridgehead atoms. The van der Waals surface area contributed by atoms with E-state index >= 15 is 0 Å². The molecule has 1 N–H and O–H groups in total. The van der Waals surface area contributed by atoms with Gasteiger partial charge in [0.05, 0.1) is 0 Å². The average molecular weight is 924 g/mol. The maximum absolute atomic E-state index is 4.13. The van der Waals surface area contributed by atoms with Crippen molar-refractivity contribution in [2.45, 2.75) is 129 Å². The Morgan fingerprint density at radius 3 is 1.61 bits per heavy atom. The molecule has 0 atom stereocenters. The number of hydrogen-bond acceptors (Lipinski definition) is 2. The number of hydrogen-bond donors (Lipinski definition) is 1. The van der Waals surface area contributed by atoms with Gasteiger partial charge in [-0.15, -0.1) is 0 Å². The molecule has 353 valence electrons. The smallest absolute Gasteiger partial charge is 0.197 e. The number of fused-ring (bicyclic) bond motifs is 7. The molecule has 0 spiro atoms. The highest BCUT2D eigenvalue weighted by Crippen LogP contribution is 2.57. The first kappa shape index (κ1) is 45.6. The third-order valence-corrected chi connectivity index (χ3v) is 17.7. The molecule has 0 saturated carbocycles. The topological polar surface area (TPSA) is 15.3 Å². The third kappa shape index (κ3) is 7.27. The van der Waals surface area contributed by atoms with E-state index in [4.69, 9.17) is 0 Å². The minimum Gasteiger partial charge on any atom is -0.355 e. The Hall–Kier alpha value is -6.58. The second-order valence-corrected chi connectivity index (χ2v) is 24.6. The Morgan fingerprint density at radius 2 is 0.958 bits per heavy atom. The molecule has 2 nitrogen and oxygen atoms in total. The van der Waals surface area contributed by atoms with E-state index in [1.165, 1.54) is 124 Å². The fourth-order valence-electron chi connectivity index (χ4n) is 13.1. The van der Waals surface area contributed by atoms with Crippen molar-refractivity contribution >= 4 is 46.6 Å². The van der Waals surface area contributed by atoms with Gasteiger partial charge >= 0.3 is 0 Å². The van der Waals surface area contributed by atoms with Gasteiger partial charge in [0.1, 0.15) is 0 Å². The van der Waals surface area contributed by atoms with Crippen LogP contribution in [-0.4, -0.2) is 7.28 Å². The van der Waals surface area contributed by atoms with Gasteiger partial charge in [-0.2, -0.15) is 0 Å². The highest BCUT2D eigenvalue weighted by molar-refractivity contribution is 6.73. The molecule has 8 aromatic rings. The Balaban J connectivity index is 1.17. The number of nitrogens with zero attached hydrogens (tertiary/aromatic N) is 1. The molecule has 8 aromatic carbocycles. The standard InChI is InChI=1S/C68H68BN2/c1-42-36-45(43-20-14-12-15-21-43)27-31-58(42)71-59-40-54-53(66(6,7)34-35-67(54,8)9)39-56(59)69-63-60(71)41-55-61(48-24-18-19-25-50(48)68(55,10)11)62(63)49-37-46(44-22-16-13-17-23-44)26-30-57(49)70-47-28-29-51-52(38-47)65(4,5)33-32-64(51,2)3/h12-31,36-41,70H,32-35H2,1-11H3. The van der Waals surface area contributed by atoms with Gasteiger partial charge in [0, 0.05) is 39.4 Å². The van der Waals surface area contributed by atoms with Gasteiger partial charge in [-0.05, 0) is 186 Å². The summed E-state index contributed by atoms with van der Waals surface area (Å²) >= 11 is 0. The lowest BCUT2D eigenvalue weighted by Gasteiger charge is -2.45. The highest BCUT2D eigenvalue weighted by atomic mass is 15.2. The quantitative estimate of drug-likeness (QED) is 0.167. The predicted molar refractivity (Wildman–Crippen MR) is 305 cm³/mol. The normalized spacial score (nSPS) is 17.9. The zero-order valence-corrected chi connectivity index (χ0v) is 43.9. The fraction of sp³-hybridized carbons (Fsp3) is 0.294. The Labute approximate surface area is 424 Å². The van der Waals surface area contributed by atoms with Crippen molar-refractivity contribution in [1.82, 2.24) is 0 Å². The van der Waals surface area contributed by atoms with Crippen LogP contribution in [0.25, 0.3) is 44.5 Å². The Kier molecular flexibility index (Phi) is 10.2. The molecule has 1 aliphatic heterocycles. The molecule has 0 amide bonds. The average Bonchev–Trinajstić information content (AvgIpc) is 3.58. The largest absolute Gasteiger partial charge is 0.355 e. The second-order valence-electron chi connectivity index (χ2n) is 24.6. The summed E-state index contributed by atoms with van der Waals surface area (Å²) in [6.45, 7) is 26.7. The van der Waals surface area contributed by atoms with E-state index in [0.717, 1.165) is 24.2 Å². The van der Waals surface area contributed by atoms with Gasteiger partial charge in [-0.25, -0.2) is 0 Å². The van der Waals surface area contributed by atoms with E-state index in [9.17, 15) is 0 Å². The first-order chi connectivity index (χ1) is 33.8. The van der Waals surface area contributed by atoms with Crippen molar-refractivity contribution in [3.63, 3.8) is 0 Å². The number of aryl methyl sites for hydroxylation is 1. The summed E-state index contributed by atoms with van der Waals surface area (Å²) in [5, 5.41) is 4.13. The van der Waals surface area contributed by atoms with Crippen LogP contribution in [0, 0.1) is 6.92 Å². The minimum absolute atomic E-state index is 0.0465. The van der Waals surface area contributed by atoms with Crippen LogP contribution in [0.4, 0.5) is 28.4 Å². The van der Waals surface area contributed by atoms with Gasteiger partial charge in [0.2, 0.25) is 0 Å². The van der Waals surface area contributed by atoms with Crippen molar-refractivity contribution in [2.75, 3.05) is 10.2 Å². The summed E-state index contributed by atoms with van der Waals surface area (Å²) < 4.78 is 0. The van der Waals surface area contributed by atoms with Crippen LogP contribution in [0.5, 0.6) is 0 Å². The summed E-state index contributed by atoms with van der Waals surface area (Å²) in [6.07, 6.45) is 4.69. The zero-order chi connectivity index (χ0) is 49.4. The number of benzene rings is 8. The van der Waals surface area contributed by atoms with Crippen molar-refractivity contribution in [3.8, 4) is 44.5 Å². The van der Waals surface area contributed by atoms with Gasteiger partial charge < -0.3 is 10.2 Å². The molecule has 3 aliphatic carbocycles. The first-order valence-corrected chi connectivity index (χ1v) is 26.3. The van der Waals surface area contributed by atoms with Crippen LogP contribution in [0.3, 0.4) is 0 Å². The van der Waals surface area contributed by atoms with E-state index in [0.29, 0.717) is 0 Å². The molecule has 0 aromatic heterocycles. The van der Waals surface area contributed by atoms with Gasteiger partial charge in [0.15, 0.2) is 7.28 Å². The molecule has 3 heteroatoms. The van der Waals surface area contributed by atoms with Crippen LogP contribution >= 0.6 is 0 Å². The van der Waals surface area contributed by atoms with Crippen LogP contribution in [-0.2, 0) is 27.1 Å². The molecule has 0 saturated heterocycles. The lowest BCUT2D eigenvalue weighted by molar-refractivity contribution is 0.332. The van der Waals surface area contributed by atoms with Crippen LogP contribution in [0.1, 0.15) is 134 Å². The summed E-state index contributed by atoms with van der Waals surface area (Å²) in [6, 6.07) is 60.2. The van der Waals surface area contributed by atoms with Crippen molar-refractivity contribution in [3.05, 3.63) is 197 Å². The van der Waals surface area contributed by atoms with Gasteiger partial charge in [-0.3, -0.25) is 0 Å². The van der Waals surface area contributed by atoms with E-state index in [1.54, 1.807) is 0 Å². The molecule has 0 fully saturated rings. The summed E-state index contributed by atoms with van der Waals surface area (Å²) in [7, 11) is 2.57. The van der Waals surface area contributed by atoms with E-state index < -0.39 is 0 Å². The molecule has 71 heavy (non-hydrogen) atoms. The maximum atomic E-state index is 4.13. The predicted octanol–water partition coefficient (Wildman–Crippen LogP) is 17.2. The summed E-state index contributed by atoms with van der Waals surface area (Å²) in [4.78, 5) is 2.65. The Morgan fingerprint density at radius 1 is 0.408 bits per heavy atom. The SMILES string of the molecule is Cc1cc(-c2ccccc2)ccc1N1c2cc3c(cc2[B]c2c1cc1c(c2-c2cc(-c4ccccc4)ccc2Nc2ccc4c(c2)C(C)(C)CCC4(C)C)-c2ccccc2C1(C)C)C(C)(C)CCC3(C)C. The molecule has 0 unspecified atom stereocenters. The molecule has 4 aliphatic rings. The fourth-order valence-corrected chi connectivity index (χ4v) is 13.1. The van der Waals surface area contributed by atoms with Crippen LogP contribution < -0.4 is 21.1 Å². The molecular weight excluding hydrogens is 856 g/mol. The van der Waals surface area contributed by atoms with E-state index in [-0.39, 0.29) is 27.1 Å². The Bertz CT molecular complexity index is 3460. The van der Waals surface area contributed by atoms with Crippen molar-refractivity contribution < 1.29 is 0 Å². The molecule has 1 radical (unpaired) electrons. The molecule has 1 heterocycles. The summed E-state index contributed by atoms with van der Waals surface area (Å²) in [5.74, 6) is 0. The van der Waals surface area contributed by atoms with Crippen LogP contribution in [0.2, 0.25) is 0 Å². The number of rotatable bonds is 6. The summed E-state index contributed by atoms with van der Waals surface area (Å²) in [5.41, 5.74) is 28.4. The highest BCUT2D eigenvalue weighted by Gasteiger charge is 2.44. The van der Waals surface area contributed by atoms with Crippen molar-refractivity contribution in [2.24, 2.45) is 0 Å². The molecular formula is C68H68BN2. The van der Waals surface area contributed by atoms with Crippen LogP contribution in [0.15, 0.2) is 158 Å². The maximum Gasteiger partial charge on any atom is 0.197 e. The monoisotopic (exact) mass is 924 g/mol. The van der Waals surface area contributed by atoms with Crippen molar-refractivity contribution in [1.29, 1.82) is 0 Å². The zero-order valence-electron chi connectivity index (χ0n) is 43.9. The lowest BCUT2D eigenvalue weighted by atomic mass is 9.54. The third-order valence-electron chi connectivity index (χ3n) is 17.7. The second kappa shape index (κ2) is 16.0. The number of anilines is 5. The van der Waals surface area contributed by atoms with Gasteiger partial charge in [0.25, 0.3) is 0 Å². The van der Waals surface area contributed by atoms with E-state index in [1.807, 2.05) is 0 Å². The molecule has 12 rings (SSSR count). The number of nitrogens with one attached hydrogen (secondary N) is 1. The van der Waals surface area contributed by atoms with E-state index in [2.05, 4.69) is 251 Å². The van der Waals surface area contributed by atoms with Gasteiger partial charge in [-0.1, -0.05) is 184 Å². The lowest BCUT2D eigenvalue weighted by Crippen LogP contribution is -2.44.